The van der Waals surface area contributed by atoms with E-state index >= 15 is 0 Å². The summed E-state index contributed by atoms with van der Waals surface area (Å²) in [7, 11) is 0. The average molecular weight is 797 g/mol. The van der Waals surface area contributed by atoms with E-state index in [4.69, 9.17) is 14.2 Å². The molecule has 0 atom stereocenters. The standard InChI is InChI=1S/C20H32N6O4.C18H28N6O3/c1-19(2,3)17(27)11-25-9-15(21-23-25)13-29-7-8-30-14-16-10-26(24-22-16)12-18(28)20(4,5)6;1-17(2,3)15(25)9-23-7-13(19-21-23)11-27-12-14-8-24(22-20-14)10-16(26)18(4,5)6/h9-10H,7-8,11-14H2,1-6H3;7-8H,9-12H2,1-6H3. The van der Waals surface area contributed by atoms with Crippen LogP contribution in [0.1, 0.15) is 106 Å². The van der Waals surface area contributed by atoms with Gasteiger partial charge in [0, 0.05) is 21.7 Å². The van der Waals surface area contributed by atoms with Gasteiger partial charge >= 0.3 is 0 Å². The van der Waals surface area contributed by atoms with Gasteiger partial charge in [0.15, 0.2) is 23.1 Å². The Kier molecular flexibility index (Phi) is 16.3. The van der Waals surface area contributed by atoms with Crippen LogP contribution in [0.2, 0.25) is 0 Å². The molecular formula is C38H60N12O7. The van der Waals surface area contributed by atoms with E-state index in [0.717, 1.165) is 0 Å². The van der Waals surface area contributed by atoms with Crippen LogP contribution in [0.3, 0.4) is 0 Å². The lowest BCUT2D eigenvalue weighted by atomic mass is 9.91. The molecule has 0 fully saturated rings. The van der Waals surface area contributed by atoms with Crippen LogP contribution in [0.25, 0.3) is 0 Å². The summed E-state index contributed by atoms with van der Waals surface area (Å²) in [6, 6.07) is 0. The van der Waals surface area contributed by atoms with Crippen LogP contribution in [0, 0.1) is 21.7 Å². The van der Waals surface area contributed by atoms with Crippen molar-refractivity contribution in [3.8, 4) is 0 Å². The monoisotopic (exact) mass is 796 g/mol. The minimum atomic E-state index is -0.414. The van der Waals surface area contributed by atoms with Gasteiger partial charge in [-0.05, 0) is 0 Å². The van der Waals surface area contributed by atoms with Crippen molar-refractivity contribution >= 4 is 23.1 Å². The molecule has 0 bridgehead atoms. The molecule has 0 aromatic carbocycles. The number of hydrogen-bond acceptors (Lipinski definition) is 15. The number of carbonyl (C=O) groups excluding carboxylic acids is 4. The Hall–Kier alpha value is -4.88. The van der Waals surface area contributed by atoms with Crippen molar-refractivity contribution in [2.24, 2.45) is 21.7 Å². The molecule has 19 heteroatoms. The molecule has 0 aliphatic carbocycles. The van der Waals surface area contributed by atoms with E-state index < -0.39 is 21.7 Å². The zero-order valence-electron chi connectivity index (χ0n) is 35.6. The first-order valence-corrected chi connectivity index (χ1v) is 18.8. The fourth-order valence-corrected chi connectivity index (χ4v) is 4.20. The minimum absolute atomic E-state index is 0.0845. The van der Waals surface area contributed by atoms with Gasteiger partial charge in [-0.15, -0.1) is 20.4 Å². The Balaban J connectivity index is 0.000000307. The smallest absolute Gasteiger partial charge is 0.159 e. The fraction of sp³-hybridized carbons (Fsp3) is 0.684. The van der Waals surface area contributed by atoms with Crippen molar-refractivity contribution in [2.75, 3.05) is 13.2 Å². The van der Waals surface area contributed by atoms with Gasteiger partial charge in [-0.1, -0.05) is 104 Å². The highest BCUT2D eigenvalue weighted by molar-refractivity contribution is 5.84. The maximum absolute atomic E-state index is 12.0. The molecule has 0 spiro atoms. The van der Waals surface area contributed by atoms with Gasteiger partial charge in [-0.3, -0.25) is 19.2 Å². The average Bonchev–Trinajstić information content (AvgIpc) is 3.91. The molecular weight excluding hydrogens is 736 g/mol. The van der Waals surface area contributed by atoms with Crippen molar-refractivity contribution in [1.82, 2.24) is 60.0 Å². The molecule has 0 saturated heterocycles. The third kappa shape index (κ3) is 16.6. The summed E-state index contributed by atoms with van der Waals surface area (Å²) >= 11 is 0. The van der Waals surface area contributed by atoms with Crippen LogP contribution < -0.4 is 0 Å². The van der Waals surface area contributed by atoms with E-state index in [9.17, 15) is 19.2 Å². The van der Waals surface area contributed by atoms with E-state index in [1.807, 2.05) is 83.1 Å². The fourth-order valence-electron chi connectivity index (χ4n) is 4.20. The molecule has 0 N–H and O–H groups in total. The SMILES string of the molecule is CC(C)(C)C(=O)Cn1cc(COCCOCc2cn(CC(=O)C(C)(C)C)nn2)nn1.CC(C)(C)C(=O)Cn1cc(COCc2cn(CC(=O)C(C)(C)C)nn2)nn1. The summed E-state index contributed by atoms with van der Waals surface area (Å²) in [5.41, 5.74) is 0.928. The Labute approximate surface area is 334 Å². The second-order valence-corrected chi connectivity index (χ2v) is 17.9. The number of Topliss-reactive ketones (excluding diaryl/α,β-unsaturated/α-hetero) is 4. The summed E-state index contributed by atoms with van der Waals surface area (Å²) in [6.07, 6.45) is 6.81. The van der Waals surface area contributed by atoms with E-state index in [-0.39, 0.29) is 75.7 Å². The predicted molar refractivity (Wildman–Crippen MR) is 206 cm³/mol. The Bertz CT molecular complexity index is 1780. The van der Waals surface area contributed by atoms with E-state index in [2.05, 4.69) is 41.2 Å². The topological polar surface area (TPSA) is 219 Å². The molecule has 0 aliphatic heterocycles. The molecule has 4 rings (SSSR count). The van der Waals surface area contributed by atoms with Gasteiger partial charge in [0.2, 0.25) is 0 Å². The lowest BCUT2D eigenvalue weighted by molar-refractivity contribution is -0.127. The van der Waals surface area contributed by atoms with Gasteiger partial charge in [0.25, 0.3) is 0 Å². The highest BCUT2D eigenvalue weighted by Gasteiger charge is 2.24. The van der Waals surface area contributed by atoms with Crippen molar-refractivity contribution in [2.45, 2.75) is 136 Å². The van der Waals surface area contributed by atoms with Gasteiger partial charge in [-0.25, -0.2) is 18.7 Å². The maximum Gasteiger partial charge on any atom is 0.159 e. The zero-order chi connectivity index (χ0) is 42.6. The Morgan fingerprint density at radius 2 is 0.614 bits per heavy atom. The van der Waals surface area contributed by atoms with Crippen LogP contribution in [0.4, 0.5) is 0 Å². The Morgan fingerprint density at radius 3 is 0.825 bits per heavy atom. The number of nitrogens with zero attached hydrogens (tertiary/aromatic N) is 12. The summed E-state index contributed by atoms with van der Waals surface area (Å²) < 4.78 is 22.7. The summed E-state index contributed by atoms with van der Waals surface area (Å²) in [5.74, 6) is 0.350. The Morgan fingerprint density at radius 1 is 0.404 bits per heavy atom. The summed E-state index contributed by atoms with van der Waals surface area (Å²) in [4.78, 5) is 48.1. The first-order valence-electron chi connectivity index (χ1n) is 18.8. The number of aromatic nitrogens is 12. The summed E-state index contributed by atoms with van der Waals surface area (Å²) in [6.45, 7) is 25.1. The van der Waals surface area contributed by atoms with Crippen molar-refractivity contribution in [3.05, 3.63) is 47.6 Å². The predicted octanol–water partition coefficient (Wildman–Crippen LogP) is 3.65. The van der Waals surface area contributed by atoms with Gasteiger partial charge in [0.05, 0.1) is 64.4 Å². The van der Waals surface area contributed by atoms with Crippen molar-refractivity contribution in [1.29, 1.82) is 0 Å². The van der Waals surface area contributed by atoms with Crippen LogP contribution >= 0.6 is 0 Å². The van der Waals surface area contributed by atoms with Gasteiger partial charge < -0.3 is 14.2 Å². The molecule has 0 saturated carbocycles. The van der Waals surface area contributed by atoms with E-state index in [0.29, 0.717) is 36.0 Å². The second kappa shape index (κ2) is 20.0. The lowest BCUT2D eigenvalue weighted by Crippen LogP contribution is -2.25. The molecule has 4 aromatic rings. The third-order valence-electron chi connectivity index (χ3n) is 8.28. The first-order chi connectivity index (χ1) is 26.4. The summed E-state index contributed by atoms with van der Waals surface area (Å²) in [5, 5.41) is 31.8. The minimum Gasteiger partial charge on any atom is -0.373 e. The first kappa shape index (κ1) is 46.5. The quantitative estimate of drug-likeness (QED) is 0.124. The molecule has 57 heavy (non-hydrogen) atoms. The number of carbonyl (C=O) groups is 4. The molecule has 0 aliphatic rings. The van der Waals surface area contributed by atoms with Gasteiger partial charge in [0.1, 0.15) is 49.0 Å². The highest BCUT2D eigenvalue weighted by Crippen LogP contribution is 2.18. The molecule has 4 aromatic heterocycles. The van der Waals surface area contributed by atoms with Crippen LogP contribution in [0.5, 0.6) is 0 Å². The normalized spacial score (nSPS) is 12.4. The van der Waals surface area contributed by atoms with Crippen LogP contribution in [-0.4, -0.2) is 96.3 Å². The second-order valence-electron chi connectivity index (χ2n) is 17.9. The molecule has 0 unspecified atom stereocenters. The zero-order valence-corrected chi connectivity index (χ0v) is 35.6. The number of ether oxygens (including phenoxy) is 3. The van der Waals surface area contributed by atoms with Crippen molar-refractivity contribution < 1.29 is 33.4 Å². The largest absolute Gasteiger partial charge is 0.373 e. The third-order valence-corrected chi connectivity index (χ3v) is 8.28. The lowest BCUT2D eigenvalue weighted by Gasteiger charge is -2.15. The maximum atomic E-state index is 12.0. The number of hydrogen-bond donors (Lipinski definition) is 0. The number of rotatable bonds is 19. The van der Waals surface area contributed by atoms with Crippen LogP contribution in [-0.2, 0) is 86.0 Å². The molecule has 0 radical (unpaired) electrons. The van der Waals surface area contributed by atoms with Gasteiger partial charge in [-0.2, -0.15) is 0 Å². The molecule has 0 amide bonds. The van der Waals surface area contributed by atoms with E-state index in [1.165, 1.54) is 18.7 Å². The van der Waals surface area contributed by atoms with Crippen LogP contribution in [0.15, 0.2) is 24.8 Å². The van der Waals surface area contributed by atoms with Crippen molar-refractivity contribution in [3.63, 3.8) is 0 Å². The number of ketones is 4. The highest BCUT2D eigenvalue weighted by atomic mass is 16.5. The molecule has 4 heterocycles. The van der Waals surface area contributed by atoms with E-state index in [1.54, 1.807) is 24.8 Å². The molecule has 19 nitrogen and oxygen atoms in total. The molecule has 314 valence electrons.